The second-order valence-electron chi connectivity index (χ2n) is 2.52. The Morgan fingerprint density at radius 3 is 2.92 bits per heavy atom. The van der Waals surface area contributed by atoms with Crippen molar-refractivity contribution in [3.63, 3.8) is 0 Å². The van der Waals surface area contributed by atoms with E-state index in [1.54, 1.807) is 11.3 Å². The van der Waals surface area contributed by atoms with Crippen molar-refractivity contribution in [1.29, 1.82) is 0 Å². The molecule has 0 nitrogen and oxygen atoms in total. The van der Waals surface area contributed by atoms with Gasteiger partial charge < -0.3 is 0 Å². The van der Waals surface area contributed by atoms with Gasteiger partial charge in [-0.2, -0.15) is 0 Å². The molecule has 0 unspecified atom stereocenters. The van der Waals surface area contributed by atoms with Gasteiger partial charge in [-0.15, -0.1) is 24.0 Å². The highest BCUT2D eigenvalue weighted by atomic mass is 32.1. The number of thiophene rings is 1. The minimum atomic E-state index is 0.963. The van der Waals surface area contributed by atoms with Crippen LogP contribution in [-0.2, 0) is 0 Å². The van der Waals surface area contributed by atoms with E-state index >= 15 is 0 Å². The van der Waals surface area contributed by atoms with E-state index in [-0.39, 0.29) is 0 Å². The fourth-order valence-electron chi connectivity index (χ4n) is 1.05. The van der Waals surface area contributed by atoms with Crippen molar-refractivity contribution in [2.24, 2.45) is 0 Å². The van der Waals surface area contributed by atoms with Gasteiger partial charge in [-0.25, -0.2) is 0 Å². The van der Waals surface area contributed by atoms with Crippen molar-refractivity contribution in [1.82, 2.24) is 0 Å². The maximum absolute atomic E-state index is 4.37. The molecular formula is C10H12S2. The van der Waals surface area contributed by atoms with E-state index in [2.05, 4.69) is 32.7 Å². The van der Waals surface area contributed by atoms with Crippen LogP contribution < -0.4 is 0 Å². The molecule has 1 rings (SSSR count). The topological polar surface area (TPSA) is 0 Å². The first-order valence-electron chi connectivity index (χ1n) is 3.81. The van der Waals surface area contributed by atoms with Gasteiger partial charge in [0.1, 0.15) is 0 Å². The smallest absolute Gasteiger partial charge is 0.0350 e. The fourth-order valence-corrected chi connectivity index (χ4v) is 2.38. The largest absolute Gasteiger partial charge is 0.143 e. The third-order valence-corrected chi connectivity index (χ3v) is 3.27. The molecule has 0 amide bonds. The molecule has 0 atom stereocenters. The summed E-state index contributed by atoms with van der Waals surface area (Å²) < 4.78 is 0. The average Bonchev–Trinajstić information content (AvgIpc) is 2.45. The molecule has 1 aromatic heterocycles. The molecule has 64 valence electrons. The van der Waals surface area contributed by atoms with Gasteiger partial charge in [0.2, 0.25) is 0 Å². The molecule has 0 N–H and O–H groups in total. The lowest BCUT2D eigenvalue weighted by atomic mass is 10.1. The number of hydrogen-bond acceptors (Lipinski definition) is 2. The zero-order chi connectivity index (χ0) is 9.14. The minimum absolute atomic E-state index is 0.963. The normalized spacial score (nSPS) is 9.83. The predicted molar refractivity (Wildman–Crippen MR) is 61.0 cm³/mol. The third kappa shape index (κ3) is 1.65. The van der Waals surface area contributed by atoms with Gasteiger partial charge in [-0.05, 0) is 12.0 Å². The maximum atomic E-state index is 4.37. The molecule has 1 heterocycles. The van der Waals surface area contributed by atoms with Crippen LogP contribution in [0.25, 0.3) is 11.6 Å². The highest BCUT2D eigenvalue weighted by Crippen LogP contribution is 2.32. The first kappa shape index (κ1) is 9.62. The molecule has 0 radical (unpaired) electrons. The first-order valence-corrected chi connectivity index (χ1v) is 5.14. The lowest BCUT2D eigenvalue weighted by Crippen LogP contribution is -1.81. The van der Waals surface area contributed by atoms with Crippen molar-refractivity contribution in [2.45, 2.75) is 18.2 Å². The van der Waals surface area contributed by atoms with E-state index in [1.807, 2.05) is 11.5 Å². The van der Waals surface area contributed by atoms with Gasteiger partial charge in [0.25, 0.3) is 0 Å². The molecule has 12 heavy (non-hydrogen) atoms. The van der Waals surface area contributed by atoms with Crippen LogP contribution in [0.3, 0.4) is 0 Å². The second-order valence-corrected chi connectivity index (χ2v) is 3.91. The summed E-state index contributed by atoms with van der Waals surface area (Å²) in [5.41, 5.74) is 2.30. The number of thiol groups is 1. The van der Waals surface area contributed by atoms with E-state index in [0.29, 0.717) is 0 Å². The monoisotopic (exact) mass is 196 g/mol. The summed E-state index contributed by atoms with van der Waals surface area (Å²) >= 11 is 6.03. The van der Waals surface area contributed by atoms with E-state index in [9.17, 15) is 0 Å². The van der Waals surface area contributed by atoms with Crippen LogP contribution in [0.4, 0.5) is 0 Å². The SMILES string of the molecule is C=Cc1scc(S)c1C(=C)CC. The Labute approximate surface area is 83.0 Å². The summed E-state index contributed by atoms with van der Waals surface area (Å²) in [5.74, 6) is 0. The van der Waals surface area contributed by atoms with Crippen molar-refractivity contribution in [2.75, 3.05) is 0 Å². The molecule has 0 spiro atoms. The molecule has 2 heteroatoms. The van der Waals surface area contributed by atoms with Crippen molar-refractivity contribution in [3.05, 3.63) is 29.0 Å². The van der Waals surface area contributed by atoms with Crippen molar-refractivity contribution in [3.8, 4) is 0 Å². The van der Waals surface area contributed by atoms with Gasteiger partial charge in [0, 0.05) is 20.7 Å². The zero-order valence-corrected chi connectivity index (χ0v) is 8.84. The molecular weight excluding hydrogens is 184 g/mol. The molecule has 1 aromatic rings. The minimum Gasteiger partial charge on any atom is -0.143 e. The summed E-state index contributed by atoms with van der Waals surface area (Å²) in [6, 6.07) is 0. The van der Waals surface area contributed by atoms with Crippen LogP contribution in [0.1, 0.15) is 23.8 Å². The molecule has 0 aliphatic heterocycles. The van der Waals surface area contributed by atoms with Gasteiger partial charge in [-0.3, -0.25) is 0 Å². The summed E-state index contributed by atoms with van der Waals surface area (Å²) in [4.78, 5) is 2.19. The summed E-state index contributed by atoms with van der Waals surface area (Å²) in [7, 11) is 0. The second kappa shape index (κ2) is 3.97. The molecule has 0 saturated carbocycles. The highest BCUT2D eigenvalue weighted by Gasteiger charge is 2.08. The third-order valence-electron chi connectivity index (χ3n) is 1.77. The van der Waals surface area contributed by atoms with E-state index < -0.39 is 0 Å². The summed E-state index contributed by atoms with van der Waals surface area (Å²) in [6.07, 6.45) is 2.83. The Morgan fingerprint density at radius 2 is 2.42 bits per heavy atom. The molecule has 0 fully saturated rings. The molecule has 0 aliphatic rings. The zero-order valence-electron chi connectivity index (χ0n) is 7.13. The van der Waals surface area contributed by atoms with Gasteiger partial charge in [-0.1, -0.05) is 26.2 Å². The predicted octanol–water partition coefficient (Wildman–Crippen LogP) is 4.10. The molecule has 0 saturated heterocycles. The standard InChI is InChI=1S/C10H12S2/c1-4-7(3)10-8(11)6-12-9(10)5-2/h5-6,11H,2-4H2,1H3. The maximum Gasteiger partial charge on any atom is 0.0350 e. The summed E-state index contributed by atoms with van der Waals surface area (Å²) in [5, 5.41) is 2.02. The Kier molecular flexibility index (Phi) is 3.18. The van der Waals surface area contributed by atoms with Crippen LogP contribution >= 0.6 is 24.0 Å². The number of rotatable bonds is 3. The number of hydrogen-bond donors (Lipinski definition) is 1. The highest BCUT2D eigenvalue weighted by molar-refractivity contribution is 7.80. The lowest BCUT2D eigenvalue weighted by molar-refractivity contribution is 1.23. The Morgan fingerprint density at radius 1 is 1.75 bits per heavy atom. The van der Waals surface area contributed by atoms with Crippen LogP contribution in [0.15, 0.2) is 23.4 Å². The fraction of sp³-hybridized carbons (Fsp3) is 0.200. The number of allylic oxidation sites excluding steroid dienone is 1. The Bertz CT molecular complexity index is 308. The Hall–Kier alpha value is -0.470. The van der Waals surface area contributed by atoms with Gasteiger partial charge >= 0.3 is 0 Å². The van der Waals surface area contributed by atoms with E-state index in [0.717, 1.165) is 16.9 Å². The van der Waals surface area contributed by atoms with Crippen molar-refractivity contribution >= 4 is 35.6 Å². The quantitative estimate of drug-likeness (QED) is 0.691. The van der Waals surface area contributed by atoms with Crippen LogP contribution in [0.5, 0.6) is 0 Å². The Balaban J connectivity index is 3.18. The molecule has 0 bridgehead atoms. The summed E-state index contributed by atoms with van der Waals surface area (Å²) in [6.45, 7) is 9.85. The van der Waals surface area contributed by atoms with E-state index in [4.69, 9.17) is 0 Å². The van der Waals surface area contributed by atoms with Gasteiger partial charge in [0.15, 0.2) is 0 Å². The average molecular weight is 196 g/mol. The lowest BCUT2D eigenvalue weighted by Gasteiger charge is -2.02. The molecule has 0 aromatic carbocycles. The van der Waals surface area contributed by atoms with Crippen LogP contribution in [-0.4, -0.2) is 0 Å². The van der Waals surface area contributed by atoms with E-state index in [1.165, 1.54) is 10.4 Å². The van der Waals surface area contributed by atoms with Crippen LogP contribution in [0.2, 0.25) is 0 Å². The van der Waals surface area contributed by atoms with Crippen molar-refractivity contribution < 1.29 is 0 Å². The molecule has 0 aliphatic carbocycles. The van der Waals surface area contributed by atoms with Gasteiger partial charge in [0.05, 0.1) is 0 Å². The van der Waals surface area contributed by atoms with Crippen LogP contribution in [0, 0.1) is 0 Å². The first-order chi connectivity index (χ1) is 5.70.